The van der Waals surface area contributed by atoms with Gasteiger partial charge in [-0.1, -0.05) is 0 Å². The van der Waals surface area contributed by atoms with Gasteiger partial charge in [-0.25, -0.2) is 0 Å². The summed E-state index contributed by atoms with van der Waals surface area (Å²) in [5.74, 6) is 0.853. The van der Waals surface area contributed by atoms with Crippen LogP contribution >= 0.6 is 0 Å². The fourth-order valence-electron chi connectivity index (χ4n) is 3.53. The van der Waals surface area contributed by atoms with E-state index in [4.69, 9.17) is 10.00 Å². The minimum atomic E-state index is 0.677. The van der Waals surface area contributed by atoms with Crippen LogP contribution in [0.5, 0.6) is 5.75 Å². The van der Waals surface area contributed by atoms with Crippen molar-refractivity contribution in [2.24, 2.45) is 0 Å². The number of hydrogen-bond acceptors (Lipinski definition) is 4. The van der Waals surface area contributed by atoms with Crippen molar-refractivity contribution in [1.82, 2.24) is 9.80 Å². The van der Waals surface area contributed by atoms with Gasteiger partial charge >= 0.3 is 0 Å². The number of hydrogen-bond donors (Lipinski definition) is 0. The summed E-state index contributed by atoms with van der Waals surface area (Å²) in [6.07, 6.45) is 5.38. The summed E-state index contributed by atoms with van der Waals surface area (Å²) < 4.78 is 5.77. The van der Waals surface area contributed by atoms with Gasteiger partial charge in [0.1, 0.15) is 12.4 Å². The second-order valence-corrected chi connectivity index (χ2v) is 6.30. The molecule has 2 heterocycles. The Kier molecular flexibility index (Phi) is 5.31. The molecule has 0 aliphatic carbocycles. The van der Waals surface area contributed by atoms with E-state index in [1.54, 1.807) is 12.1 Å². The Balaban J connectivity index is 1.35. The Labute approximate surface area is 133 Å². The second kappa shape index (κ2) is 7.62. The van der Waals surface area contributed by atoms with Gasteiger partial charge in [-0.3, -0.25) is 4.90 Å². The first-order chi connectivity index (χ1) is 10.8. The maximum Gasteiger partial charge on any atom is 0.119 e. The Bertz CT molecular complexity index is 494. The Hall–Kier alpha value is -1.57. The van der Waals surface area contributed by atoms with Gasteiger partial charge in [0.25, 0.3) is 0 Å². The predicted octanol–water partition coefficient (Wildman–Crippen LogP) is 2.50. The highest BCUT2D eigenvalue weighted by atomic mass is 16.5. The number of nitriles is 1. The van der Waals surface area contributed by atoms with Gasteiger partial charge in [-0.15, -0.1) is 0 Å². The zero-order valence-electron chi connectivity index (χ0n) is 13.2. The van der Waals surface area contributed by atoms with Crippen LogP contribution in [0, 0.1) is 11.3 Å². The molecule has 22 heavy (non-hydrogen) atoms. The van der Waals surface area contributed by atoms with Crippen LogP contribution in [-0.4, -0.2) is 55.2 Å². The maximum absolute atomic E-state index is 8.77. The van der Waals surface area contributed by atoms with E-state index in [9.17, 15) is 0 Å². The van der Waals surface area contributed by atoms with E-state index in [0.717, 1.165) is 24.9 Å². The first-order valence-corrected chi connectivity index (χ1v) is 8.44. The molecule has 0 spiro atoms. The summed E-state index contributed by atoms with van der Waals surface area (Å²) in [7, 11) is 0. The van der Waals surface area contributed by atoms with Crippen LogP contribution in [0.3, 0.4) is 0 Å². The van der Waals surface area contributed by atoms with Gasteiger partial charge in [-0.2, -0.15) is 5.26 Å². The van der Waals surface area contributed by atoms with Crippen molar-refractivity contribution in [2.75, 3.05) is 39.3 Å². The molecule has 4 nitrogen and oxygen atoms in total. The molecule has 0 radical (unpaired) electrons. The zero-order chi connectivity index (χ0) is 15.2. The molecular weight excluding hydrogens is 274 g/mol. The standard InChI is InChI=1S/C18H25N3O/c19-15-16-3-5-18(6-4-16)22-14-13-20-11-7-17(8-12-20)21-9-1-2-10-21/h3-6,17H,1-2,7-14H2. The lowest BCUT2D eigenvalue weighted by molar-refractivity contribution is 0.114. The fourth-order valence-corrected chi connectivity index (χ4v) is 3.53. The van der Waals surface area contributed by atoms with Crippen LogP contribution in [0.2, 0.25) is 0 Å². The van der Waals surface area contributed by atoms with E-state index < -0.39 is 0 Å². The van der Waals surface area contributed by atoms with Crippen LogP contribution in [-0.2, 0) is 0 Å². The predicted molar refractivity (Wildman–Crippen MR) is 86.9 cm³/mol. The Morgan fingerprint density at radius 2 is 1.73 bits per heavy atom. The first kappa shape index (κ1) is 15.3. The van der Waals surface area contributed by atoms with Gasteiger partial charge in [0.05, 0.1) is 11.6 Å². The average Bonchev–Trinajstić information content (AvgIpc) is 3.11. The van der Waals surface area contributed by atoms with E-state index in [1.807, 2.05) is 12.1 Å². The lowest BCUT2D eigenvalue weighted by Gasteiger charge is -2.36. The first-order valence-electron chi connectivity index (χ1n) is 8.44. The number of rotatable bonds is 5. The van der Waals surface area contributed by atoms with Gasteiger partial charge in [0.15, 0.2) is 0 Å². The summed E-state index contributed by atoms with van der Waals surface area (Å²) >= 11 is 0. The van der Waals surface area contributed by atoms with Gasteiger partial charge in [0, 0.05) is 12.6 Å². The third kappa shape index (κ3) is 4.00. The van der Waals surface area contributed by atoms with E-state index in [0.29, 0.717) is 5.56 Å². The van der Waals surface area contributed by atoms with Crippen molar-refractivity contribution in [3.63, 3.8) is 0 Å². The summed E-state index contributed by atoms with van der Waals surface area (Å²) in [6, 6.07) is 10.3. The molecule has 0 atom stereocenters. The molecule has 2 fully saturated rings. The molecule has 2 aliphatic heterocycles. The molecule has 0 saturated carbocycles. The number of likely N-dealkylation sites (tertiary alicyclic amines) is 2. The molecule has 1 aromatic rings. The largest absolute Gasteiger partial charge is 0.492 e. The zero-order valence-corrected chi connectivity index (χ0v) is 13.2. The molecule has 0 aromatic heterocycles. The fraction of sp³-hybridized carbons (Fsp3) is 0.611. The lowest BCUT2D eigenvalue weighted by Crippen LogP contribution is -2.44. The van der Waals surface area contributed by atoms with Gasteiger partial charge < -0.3 is 9.64 Å². The van der Waals surface area contributed by atoms with E-state index >= 15 is 0 Å². The van der Waals surface area contributed by atoms with Crippen LogP contribution in [0.1, 0.15) is 31.2 Å². The summed E-state index contributed by atoms with van der Waals surface area (Å²) in [6.45, 7) is 6.72. The third-order valence-electron chi connectivity index (χ3n) is 4.87. The maximum atomic E-state index is 8.77. The average molecular weight is 299 g/mol. The second-order valence-electron chi connectivity index (χ2n) is 6.30. The molecule has 2 aliphatic rings. The Morgan fingerprint density at radius 3 is 2.36 bits per heavy atom. The third-order valence-corrected chi connectivity index (χ3v) is 4.87. The van der Waals surface area contributed by atoms with Crippen LogP contribution in [0.4, 0.5) is 0 Å². The number of nitrogens with zero attached hydrogens (tertiary/aromatic N) is 3. The molecule has 118 valence electrons. The smallest absolute Gasteiger partial charge is 0.119 e. The van der Waals surface area contributed by atoms with Crippen molar-refractivity contribution in [1.29, 1.82) is 5.26 Å². The Morgan fingerprint density at radius 1 is 1.05 bits per heavy atom. The normalized spacial score (nSPS) is 20.9. The van der Waals surface area contributed by atoms with E-state index in [1.165, 1.54) is 51.9 Å². The molecule has 1 aromatic carbocycles. The minimum absolute atomic E-state index is 0.677. The van der Waals surface area contributed by atoms with Crippen LogP contribution in [0.15, 0.2) is 24.3 Å². The van der Waals surface area contributed by atoms with Crippen LogP contribution < -0.4 is 4.74 Å². The van der Waals surface area contributed by atoms with Crippen molar-refractivity contribution in [3.8, 4) is 11.8 Å². The highest BCUT2D eigenvalue weighted by Gasteiger charge is 2.26. The van der Waals surface area contributed by atoms with Crippen molar-refractivity contribution in [3.05, 3.63) is 29.8 Å². The van der Waals surface area contributed by atoms with Gasteiger partial charge in [0.2, 0.25) is 0 Å². The summed E-state index contributed by atoms with van der Waals surface area (Å²) in [5.41, 5.74) is 0.677. The van der Waals surface area contributed by atoms with Crippen molar-refractivity contribution >= 4 is 0 Å². The molecule has 2 saturated heterocycles. The number of piperidine rings is 1. The minimum Gasteiger partial charge on any atom is -0.492 e. The van der Waals surface area contributed by atoms with Gasteiger partial charge in [-0.05, 0) is 76.1 Å². The SMILES string of the molecule is N#Cc1ccc(OCCN2CCC(N3CCCC3)CC2)cc1. The number of benzene rings is 1. The lowest BCUT2D eigenvalue weighted by atomic mass is 10.0. The number of ether oxygens (including phenoxy) is 1. The summed E-state index contributed by atoms with van der Waals surface area (Å²) in [4.78, 5) is 5.20. The molecule has 0 bridgehead atoms. The quantitative estimate of drug-likeness (QED) is 0.837. The molecular formula is C18H25N3O. The monoisotopic (exact) mass is 299 g/mol. The van der Waals surface area contributed by atoms with Crippen LogP contribution in [0.25, 0.3) is 0 Å². The molecule has 0 amide bonds. The molecule has 4 heteroatoms. The highest BCUT2D eigenvalue weighted by molar-refractivity contribution is 5.34. The molecule has 3 rings (SSSR count). The molecule has 0 unspecified atom stereocenters. The topological polar surface area (TPSA) is 39.5 Å². The molecule has 0 N–H and O–H groups in total. The van der Waals surface area contributed by atoms with Crippen molar-refractivity contribution in [2.45, 2.75) is 31.7 Å². The van der Waals surface area contributed by atoms with Crippen molar-refractivity contribution < 1.29 is 4.74 Å². The summed E-state index contributed by atoms with van der Waals surface area (Å²) in [5, 5.41) is 8.77. The highest BCUT2D eigenvalue weighted by Crippen LogP contribution is 2.21. The van der Waals surface area contributed by atoms with E-state index in [2.05, 4.69) is 15.9 Å². The van der Waals surface area contributed by atoms with E-state index in [-0.39, 0.29) is 0 Å².